The summed E-state index contributed by atoms with van der Waals surface area (Å²) in [6.07, 6.45) is -1.86. The second kappa shape index (κ2) is 14.2. The number of aliphatic hydroxyl groups is 2. The van der Waals surface area contributed by atoms with Crippen LogP contribution >= 0.6 is 0 Å². The molecule has 2 aliphatic heterocycles. The number of methoxy groups -OCH3 is 6. The number of hydrogen-bond acceptors (Lipinski definition) is 12. The van der Waals surface area contributed by atoms with Gasteiger partial charge in [-0.3, -0.25) is 9.59 Å². The van der Waals surface area contributed by atoms with Gasteiger partial charge in [-0.1, -0.05) is 12.1 Å². The van der Waals surface area contributed by atoms with Crippen molar-refractivity contribution in [3.8, 4) is 46.0 Å². The molecule has 12 heteroatoms. The van der Waals surface area contributed by atoms with Crippen molar-refractivity contribution in [3.05, 3.63) is 93.5 Å². The van der Waals surface area contributed by atoms with E-state index in [1.54, 1.807) is 54.6 Å². The number of hydrogen-bond donors (Lipinski definition) is 2. The average molecular weight is 687 g/mol. The predicted molar refractivity (Wildman–Crippen MR) is 180 cm³/mol. The smallest absolute Gasteiger partial charge is 0.182 e. The molecule has 0 bridgehead atoms. The fourth-order valence-corrected chi connectivity index (χ4v) is 6.72. The zero-order valence-corrected chi connectivity index (χ0v) is 28.5. The van der Waals surface area contributed by atoms with E-state index in [1.165, 1.54) is 42.7 Å². The Morgan fingerprint density at radius 2 is 1.22 bits per heavy atom. The summed E-state index contributed by atoms with van der Waals surface area (Å²) in [5, 5.41) is 20.8. The highest BCUT2D eigenvalue weighted by atomic mass is 16.5. The van der Waals surface area contributed by atoms with Crippen molar-refractivity contribution in [3.63, 3.8) is 0 Å². The predicted octanol–water partition coefficient (Wildman–Crippen LogP) is 5.53. The van der Waals surface area contributed by atoms with Crippen LogP contribution in [0.2, 0.25) is 0 Å². The van der Waals surface area contributed by atoms with Crippen molar-refractivity contribution in [2.24, 2.45) is 0 Å². The average Bonchev–Trinajstić information content (AvgIpc) is 3.15. The van der Waals surface area contributed by atoms with Crippen LogP contribution < -0.4 is 37.9 Å². The molecule has 4 aromatic rings. The molecule has 0 saturated heterocycles. The Labute approximate surface area is 289 Å². The molecule has 3 atom stereocenters. The SMILES string of the molecule is COc1ccc([C@@H]2CC(=O)c3c(OC)cc(CO)c([C@@H]4C(=O)c5c(OC)cc(CO)cc5O[C@@H]4c4ccc(OC)c(OC)c4)c3O2)cc1OC. The lowest BCUT2D eigenvalue weighted by atomic mass is 9.76. The number of carbonyl (C=O) groups is 2. The summed E-state index contributed by atoms with van der Waals surface area (Å²) in [4.78, 5) is 29.0. The highest BCUT2D eigenvalue weighted by Gasteiger charge is 2.46. The second-order valence-corrected chi connectivity index (χ2v) is 11.7. The van der Waals surface area contributed by atoms with Gasteiger partial charge in [0.05, 0.1) is 68.2 Å². The lowest BCUT2D eigenvalue weighted by Crippen LogP contribution is -2.33. The molecule has 2 heterocycles. The quantitative estimate of drug-likeness (QED) is 0.204. The maximum atomic E-state index is 15.0. The lowest BCUT2D eigenvalue weighted by Gasteiger charge is -2.37. The van der Waals surface area contributed by atoms with Crippen molar-refractivity contribution in [1.82, 2.24) is 0 Å². The van der Waals surface area contributed by atoms with E-state index in [2.05, 4.69) is 0 Å². The molecule has 2 N–H and O–H groups in total. The summed E-state index contributed by atoms with van der Waals surface area (Å²) in [5.41, 5.74) is 2.47. The van der Waals surface area contributed by atoms with Gasteiger partial charge < -0.3 is 48.1 Å². The molecule has 12 nitrogen and oxygen atoms in total. The Balaban J connectivity index is 1.62. The van der Waals surface area contributed by atoms with Gasteiger partial charge in [0.1, 0.15) is 46.3 Å². The third-order valence-corrected chi connectivity index (χ3v) is 9.11. The maximum absolute atomic E-state index is 15.0. The molecule has 0 aromatic heterocycles. The highest BCUT2D eigenvalue weighted by Crippen LogP contribution is 2.54. The number of rotatable bonds is 11. The van der Waals surface area contributed by atoms with E-state index in [9.17, 15) is 19.8 Å². The van der Waals surface area contributed by atoms with Crippen molar-refractivity contribution < 1.29 is 57.7 Å². The van der Waals surface area contributed by atoms with Gasteiger partial charge in [0.25, 0.3) is 0 Å². The normalized spacial score (nSPS) is 17.9. The zero-order chi connectivity index (χ0) is 35.7. The Morgan fingerprint density at radius 1 is 0.640 bits per heavy atom. The van der Waals surface area contributed by atoms with E-state index in [0.717, 1.165) is 0 Å². The van der Waals surface area contributed by atoms with E-state index >= 15 is 0 Å². The minimum atomic E-state index is -1.17. The van der Waals surface area contributed by atoms with Gasteiger partial charge in [0, 0.05) is 5.56 Å². The molecule has 6 rings (SSSR count). The Bertz CT molecular complexity index is 1950. The van der Waals surface area contributed by atoms with E-state index in [1.807, 2.05) is 0 Å². The summed E-state index contributed by atoms with van der Waals surface area (Å²) < 4.78 is 46.6. The van der Waals surface area contributed by atoms with E-state index in [-0.39, 0.29) is 58.5 Å². The number of aliphatic hydroxyl groups excluding tert-OH is 2. The Hall–Kier alpha value is -5.46. The van der Waals surface area contributed by atoms with E-state index in [0.29, 0.717) is 45.3 Å². The first-order chi connectivity index (χ1) is 24.2. The van der Waals surface area contributed by atoms with Crippen molar-refractivity contribution in [2.75, 3.05) is 42.7 Å². The number of fused-ring (bicyclic) bond motifs is 2. The van der Waals surface area contributed by atoms with Crippen LogP contribution in [0.15, 0.2) is 54.6 Å². The molecule has 2 aliphatic rings. The third-order valence-electron chi connectivity index (χ3n) is 9.11. The first-order valence-corrected chi connectivity index (χ1v) is 15.8. The molecule has 0 unspecified atom stereocenters. The minimum absolute atomic E-state index is 0.0361. The Morgan fingerprint density at radius 3 is 1.80 bits per heavy atom. The summed E-state index contributed by atoms with van der Waals surface area (Å²) in [7, 11) is 8.89. The van der Waals surface area contributed by atoms with Crippen molar-refractivity contribution >= 4 is 11.6 Å². The molecule has 262 valence electrons. The van der Waals surface area contributed by atoms with Crippen molar-refractivity contribution in [1.29, 1.82) is 0 Å². The van der Waals surface area contributed by atoms with E-state index in [4.69, 9.17) is 37.9 Å². The molecule has 4 aromatic carbocycles. The van der Waals surface area contributed by atoms with Crippen LogP contribution in [-0.4, -0.2) is 64.4 Å². The summed E-state index contributed by atoms with van der Waals surface area (Å²) >= 11 is 0. The van der Waals surface area contributed by atoms with Crippen LogP contribution in [0.25, 0.3) is 0 Å². The minimum Gasteiger partial charge on any atom is -0.496 e. The first kappa shape index (κ1) is 34.4. The fraction of sp³-hybridized carbons (Fsp3) is 0.316. The number of ketones is 2. The van der Waals surface area contributed by atoms with Crippen LogP contribution in [0.5, 0.6) is 46.0 Å². The molecule has 0 amide bonds. The monoisotopic (exact) mass is 686 g/mol. The van der Waals surface area contributed by atoms with E-state index < -0.39 is 30.5 Å². The molecule has 0 saturated carbocycles. The van der Waals surface area contributed by atoms with Crippen LogP contribution in [0.1, 0.15) is 73.1 Å². The van der Waals surface area contributed by atoms with Crippen molar-refractivity contribution in [2.45, 2.75) is 37.8 Å². The van der Waals surface area contributed by atoms with Gasteiger partial charge in [-0.2, -0.15) is 0 Å². The summed E-state index contributed by atoms with van der Waals surface area (Å²) in [5.74, 6) is 0.608. The molecule has 0 radical (unpaired) electrons. The first-order valence-electron chi connectivity index (χ1n) is 15.8. The number of ether oxygens (including phenoxy) is 8. The summed E-state index contributed by atoms with van der Waals surface area (Å²) in [6.45, 7) is -0.840. The second-order valence-electron chi connectivity index (χ2n) is 11.7. The maximum Gasteiger partial charge on any atom is 0.182 e. The van der Waals surface area contributed by atoms with Gasteiger partial charge in [-0.25, -0.2) is 0 Å². The molecule has 0 aliphatic carbocycles. The highest BCUT2D eigenvalue weighted by molar-refractivity contribution is 6.09. The Kier molecular flexibility index (Phi) is 9.76. The topological polar surface area (TPSA) is 148 Å². The number of carbonyl (C=O) groups excluding carboxylic acids is 2. The molecule has 0 fully saturated rings. The van der Waals surface area contributed by atoms with Gasteiger partial charge in [-0.15, -0.1) is 0 Å². The van der Waals surface area contributed by atoms with Gasteiger partial charge in [0.15, 0.2) is 34.6 Å². The number of benzene rings is 4. The van der Waals surface area contributed by atoms with Gasteiger partial charge >= 0.3 is 0 Å². The standard InChI is InChI=1S/C38H38O12/c1-43-24-9-7-20(13-27(24)45-3)26-16-23(41)33-30(48-6)15-22(18-40)32(38(33)49-26)35-36(42)34-29(47-5)11-19(17-39)12-31(34)50-37(35)21-8-10-25(44-2)28(14-21)46-4/h7-15,26,35,37,39-40H,16-18H2,1-6H3/t26-,35+,37+/m0/s1. The van der Waals surface area contributed by atoms with Gasteiger partial charge in [0.2, 0.25) is 0 Å². The zero-order valence-electron chi connectivity index (χ0n) is 28.5. The molecule has 0 spiro atoms. The van der Waals surface area contributed by atoms with Crippen LogP contribution in [-0.2, 0) is 13.2 Å². The summed E-state index contributed by atoms with van der Waals surface area (Å²) in [6, 6.07) is 15.1. The lowest BCUT2D eigenvalue weighted by molar-refractivity contribution is 0.0739. The molecular weight excluding hydrogens is 648 g/mol. The van der Waals surface area contributed by atoms with Gasteiger partial charge in [-0.05, 0) is 64.7 Å². The van der Waals surface area contributed by atoms with Crippen LogP contribution in [0.4, 0.5) is 0 Å². The van der Waals surface area contributed by atoms with Crippen LogP contribution in [0, 0.1) is 0 Å². The molecule has 50 heavy (non-hydrogen) atoms. The molecular formula is C38H38O12. The fourth-order valence-electron chi connectivity index (χ4n) is 6.72. The number of Topliss-reactive ketones (excluding diaryl/α,β-unsaturated/α-hetero) is 2. The largest absolute Gasteiger partial charge is 0.496 e. The van der Waals surface area contributed by atoms with Crippen LogP contribution in [0.3, 0.4) is 0 Å². The third kappa shape index (κ3) is 5.80.